The van der Waals surface area contributed by atoms with Crippen molar-refractivity contribution in [2.75, 3.05) is 12.8 Å². The van der Waals surface area contributed by atoms with Crippen LogP contribution in [-0.2, 0) is 14.8 Å². The lowest BCUT2D eigenvalue weighted by Crippen LogP contribution is -2.53. The molecule has 0 radical (unpaired) electrons. The van der Waals surface area contributed by atoms with E-state index in [0.29, 0.717) is 13.0 Å². The molecule has 1 atom stereocenters. The number of sulfonamides is 1. The van der Waals surface area contributed by atoms with Crippen molar-refractivity contribution in [3.05, 3.63) is 0 Å². The second kappa shape index (κ2) is 2.57. The molecule has 1 unspecified atom stereocenters. The third kappa shape index (κ3) is 1.59. The first-order valence-electron chi connectivity index (χ1n) is 3.40. The second-order valence-corrected chi connectivity index (χ2v) is 4.72. The van der Waals surface area contributed by atoms with Gasteiger partial charge in [0.05, 0.1) is 12.3 Å². The van der Waals surface area contributed by atoms with Gasteiger partial charge in [-0.05, 0) is 13.3 Å². The van der Waals surface area contributed by atoms with Gasteiger partial charge in [0.25, 0.3) is 0 Å². The van der Waals surface area contributed by atoms with E-state index in [-0.39, 0.29) is 11.8 Å². The van der Waals surface area contributed by atoms with Crippen molar-refractivity contribution in [2.24, 2.45) is 0 Å². The first-order valence-corrected chi connectivity index (χ1v) is 5.25. The van der Waals surface area contributed by atoms with Crippen LogP contribution < -0.4 is 0 Å². The second-order valence-electron chi connectivity index (χ2n) is 2.79. The van der Waals surface area contributed by atoms with E-state index < -0.39 is 10.0 Å². The van der Waals surface area contributed by atoms with Crippen molar-refractivity contribution in [2.45, 2.75) is 19.4 Å². The maximum atomic E-state index is 10.9. The maximum absolute atomic E-state index is 10.9. The summed E-state index contributed by atoms with van der Waals surface area (Å²) in [6.45, 7) is 1.91. The monoisotopic (exact) mass is 177 g/mol. The van der Waals surface area contributed by atoms with Crippen LogP contribution in [0.4, 0.5) is 0 Å². The van der Waals surface area contributed by atoms with Crippen molar-refractivity contribution in [1.82, 2.24) is 4.31 Å². The van der Waals surface area contributed by atoms with Crippen molar-refractivity contribution < 1.29 is 13.2 Å². The molecule has 1 saturated heterocycles. The molecule has 64 valence electrons. The summed E-state index contributed by atoms with van der Waals surface area (Å²) in [6.07, 6.45) is 1.80. The molecular weight excluding hydrogens is 166 g/mol. The molecule has 1 aliphatic rings. The minimum absolute atomic E-state index is 0.0679. The van der Waals surface area contributed by atoms with Gasteiger partial charge in [-0.1, -0.05) is 0 Å². The van der Waals surface area contributed by atoms with Crippen molar-refractivity contribution >= 4 is 15.8 Å². The molecule has 0 aromatic rings. The Balaban J connectivity index is 2.72. The quantitative estimate of drug-likeness (QED) is 0.577. The molecule has 5 heteroatoms. The highest BCUT2D eigenvalue weighted by atomic mass is 32.2. The summed E-state index contributed by atoms with van der Waals surface area (Å²) in [5, 5.41) is 0. The average molecular weight is 177 g/mol. The van der Waals surface area contributed by atoms with Gasteiger partial charge >= 0.3 is 0 Å². The van der Waals surface area contributed by atoms with E-state index in [1.165, 1.54) is 11.2 Å². The van der Waals surface area contributed by atoms with Crippen molar-refractivity contribution in [1.29, 1.82) is 0 Å². The normalized spacial score (nSPS) is 26.2. The Morgan fingerprint density at radius 1 is 1.55 bits per heavy atom. The Hall–Kier alpha value is -0.420. The Labute approximate surface area is 66.2 Å². The molecule has 1 fully saturated rings. The molecule has 0 aromatic heterocycles. The van der Waals surface area contributed by atoms with Gasteiger partial charge in [-0.25, -0.2) is 8.42 Å². The van der Waals surface area contributed by atoms with Gasteiger partial charge in [-0.15, -0.1) is 0 Å². The van der Waals surface area contributed by atoms with Gasteiger partial charge in [-0.2, -0.15) is 4.31 Å². The van der Waals surface area contributed by atoms with Gasteiger partial charge in [-0.3, -0.25) is 4.79 Å². The molecule has 1 rings (SSSR count). The highest BCUT2D eigenvalue weighted by Crippen LogP contribution is 2.20. The van der Waals surface area contributed by atoms with Crippen LogP contribution in [-0.4, -0.2) is 37.3 Å². The topological polar surface area (TPSA) is 54.5 Å². The Bertz CT molecular complexity index is 270. The number of Topliss-reactive ketones (excluding diaryl/α,β-unsaturated/α-hetero) is 1. The van der Waals surface area contributed by atoms with Crippen LogP contribution >= 0.6 is 0 Å². The summed E-state index contributed by atoms with van der Waals surface area (Å²) in [5.74, 6) is -0.0679. The zero-order valence-electron chi connectivity index (χ0n) is 6.57. The molecule has 0 aliphatic carbocycles. The number of ketones is 1. The molecule has 0 aromatic carbocycles. The van der Waals surface area contributed by atoms with E-state index in [9.17, 15) is 13.2 Å². The minimum atomic E-state index is -3.15. The third-order valence-electron chi connectivity index (χ3n) is 1.87. The van der Waals surface area contributed by atoms with Crippen molar-refractivity contribution in [3.8, 4) is 0 Å². The molecule has 0 spiro atoms. The van der Waals surface area contributed by atoms with Crippen LogP contribution in [0.5, 0.6) is 0 Å². The molecule has 0 N–H and O–H groups in total. The summed E-state index contributed by atoms with van der Waals surface area (Å²) in [6, 6.07) is -0.384. The predicted molar refractivity (Wildman–Crippen MR) is 40.6 cm³/mol. The Morgan fingerprint density at radius 2 is 2.09 bits per heavy atom. The number of rotatable bonds is 2. The van der Waals surface area contributed by atoms with Gasteiger partial charge in [0.2, 0.25) is 10.0 Å². The first kappa shape index (κ1) is 8.67. The molecule has 1 heterocycles. The van der Waals surface area contributed by atoms with Crippen LogP contribution in [0.2, 0.25) is 0 Å². The molecule has 0 amide bonds. The smallest absolute Gasteiger partial charge is 0.211 e. The molecule has 11 heavy (non-hydrogen) atoms. The largest absolute Gasteiger partial charge is 0.298 e. The SMILES string of the molecule is CC(=O)C1CCN1S(C)(=O)=O. The zero-order valence-corrected chi connectivity index (χ0v) is 7.39. The molecular formula is C6H11NO3S. The van der Waals surface area contributed by atoms with E-state index in [4.69, 9.17) is 0 Å². The Morgan fingerprint density at radius 3 is 2.18 bits per heavy atom. The van der Waals surface area contributed by atoms with Crippen LogP contribution in [0.1, 0.15) is 13.3 Å². The number of carbonyl (C=O) groups excluding carboxylic acids is 1. The fraction of sp³-hybridized carbons (Fsp3) is 0.833. The predicted octanol–water partition coefficient (Wildman–Crippen LogP) is -0.391. The Kier molecular flexibility index (Phi) is 2.02. The highest BCUT2D eigenvalue weighted by Gasteiger charge is 2.37. The molecule has 0 bridgehead atoms. The maximum Gasteiger partial charge on any atom is 0.211 e. The van der Waals surface area contributed by atoms with Crippen molar-refractivity contribution in [3.63, 3.8) is 0 Å². The van der Waals surface area contributed by atoms with Gasteiger partial charge < -0.3 is 0 Å². The van der Waals surface area contributed by atoms with E-state index in [2.05, 4.69) is 0 Å². The highest BCUT2D eigenvalue weighted by molar-refractivity contribution is 7.88. The lowest BCUT2D eigenvalue weighted by molar-refractivity contribution is -0.123. The van der Waals surface area contributed by atoms with Crippen LogP contribution in [0, 0.1) is 0 Å². The van der Waals surface area contributed by atoms with Crippen LogP contribution in [0.3, 0.4) is 0 Å². The van der Waals surface area contributed by atoms with E-state index in [1.54, 1.807) is 0 Å². The zero-order chi connectivity index (χ0) is 8.65. The average Bonchev–Trinajstić information content (AvgIpc) is 1.51. The summed E-state index contributed by atoms with van der Waals surface area (Å²) in [7, 11) is -3.15. The van der Waals surface area contributed by atoms with Crippen LogP contribution in [0.25, 0.3) is 0 Å². The fourth-order valence-electron chi connectivity index (χ4n) is 1.17. The molecule has 1 aliphatic heterocycles. The lowest BCUT2D eigenvalue weighted by Gasteiger charge is -2.36. The fourth-order valence-corrected chi connectivity index (χ4v) is 2.32. The number of carbonyl (C=O) groups is 1. The number of nitrogens with zero attached hydrogens (tertiary/aromatic N) is 1. The number of hydrogen-bond acceptors (Lipinski definition) is 3. The number of hydrogen-bond donors (Lipinski definition) is 0. The molecule has 4 nitrogen and oxygen atoms in total. The van der Waals surface area contributed by atoms with Gasteiger partial charge in [0.15, 0.2) is 0 Å². The standard InChI is InChI=1S/C6H11NO3S/c1-5(8)6-3-4-7(6)11(2,9)10/h6H,3-4H2,1-2H3. The van der Waals surface area contributed by atoms with Crippen LogP contribution in [0.15, 0.2) is 0 Å². The summed E-state index contributed by atoms with van der Waals surface area (Å²) >= 11 is 0. The first-order chi connectivity index (χ1) is 4.93. The minimum Gasteiger partial charge on any atom is -0.298 e. The van der Waals surface area contributed by atoms with Gasteiger partial charge in [0, 0.05) is 6.54 Å². The molecule has 0 saturated carbocycles. The summed E-state index contributed by atoms with van der Waals surface area (Å²) in [5.41, 5.74) is 0. The summed E-state index contributed by atoms with van der Waals surface area (Å²) < 4.78 is 23.0. The van der Waals surface area contributed by atoms with E-state index in [1.807, 2.05) is 0 Å². The lowest BCUT2D eigenvalue weighted by atomic mass is 10.0. The van der Waals surface area contributed by atoms with E-state index >= 15 is 0 Å². The van der Waals surface area contributed by atoms with Gasteiger partial charge in [0.1, 0.15) is 5.78 Å². The third-order valence-corrected chi connectivity index (χ3v) is 3.15. The van der Waals surface area contributed by atoms with E-state index in [0.717, 1.165) is 6.26 Å². The summed E-state index contributed by atoms with van der Waals surface area (Å²) in [4.78, 5) is 10.8.